The van der Waals surface area contributed by atoms with Crippen LogP contribution in [0.3, 0.4) is 0 Å². The number of fused-ring (bicyclic) bond motifs is 2. The third kappa shape index (κ3) is 2.07. The molecule has 0 radical (unpaired) electrons. The molecule has 0 spiro atoms. The number of aromatic nitrogens is 5. The number of amides is 1. The highest BCUT2D eigenvalue weighted by atomic mass is 16.2. The van der Waals surface area contributed by atoms with E-state index in [1.54, 1.807) is 21.8 Å². The maximum Gasteiger partial charge on any atom is 0.245 e. The van der Waals surface area contributed by atoms with Gasteiger partial charge in [0, 0.05) is 30.7 Å². The molecular formula is C18H13N7O. The van der Waals surface area contributed by atoms with Gasteiger partial charge < -0.3 is 4.40 Å². The van der Waals surface area contributed by atoms with Gasteiger partial charge in [-0.3, -0.25) is 9.69 Å². The quantitative estimate of drug-likeness (QED) is 0.554. The molecule has 5 heterocycles. The summed E-state index contributed by atoms with van der Waals surface area (Å²) in [5, 5.41) is 13.5. The van der Waals surface area contributed by atoms with Crippen LogP contribution in [0.5, 0.6) is 0 Å². The summed E-state index contributed by atoms with van der Waals surface area (Å²) < 4.78 is 3.62. The number of anilines is 1. The molecule has 1 amide bonds. The zero-order valence-corrected chi connectivity index (χ0v) is 13.6. The maximum absolute atomic E-state index is 12.5. The largest absolute Gasteiger partial charge is 0.306 e. The molecule has 8 heteroatoms. The van der Waals surface area contributed by atoms with Crippen molar-refractivity contribution < 1.29 is 4.79 Å². The molecule has 0 N–H and O–H groups in total. The van der Waals surface area contributed by atoms with Crippen LogP contribution >= 0.6 is 0 Å². The van der Waals surface area contributed by atoms with E-state index in [0.29, 0.717) is 24.5 Å². The number of rotatable bonds is 2. The molecule has 8 nitrogen and oxygen atoms in total. The minimum Gasteiger partial charge on any atom is -0.306 e. The first kappa shape index (κ1) is 14.6. The minimum atomic E-state index is -0.606. The van der Waals surface area contributed by atoms with E-state index >= 15 is 0 Å². The average Bonchev–Trinajstić information content (AvgIpc) is 3.39. The fourth-order valence-electron chi connectivity index (χ4n) is 3.33. The number of hydrogen-bond acceptors (Lipinski definition) is 5. The normalized spacial score (nSPS) is 17.3. The fourth-order valence-corrected chi connectivity index (χ4v) is 3.33. The monoisotopic (exact) mass is 343 g/mol. The molecule has 5 rings (SSSR count). The van der Waals surface area contributed by atoms with Crippen molar-refractivity contribution in [1.82, 2.24) is 24.0 Å². The van der Waals surface area contributed by atoms with E-state index in [1.807, 2.05) is 41.2 Å². The predicted molar refractivity (Wildman–Crippen MR) is 93.2 cm³/mol. The molecular weight excluding hydrogens is 330 g/mol. The van der Waals surface area contributed by atoms with E-state index in [4.69, 9.17) is 10.2 Å². The lowest BCUT2D eigenvalue weighted by Gasteiger charge is -2.17. The van der Waals surface area contributed by atoms with Gasteiger partial charge in [-0.25, -0.2) is 14.5 Å². The number of carbonyl (C=O) groups excluding carboxylic acids is 1. The predicted octanol–water partition coefficient (Wildman–Crippen LogP) is 1.92. The van der Waals surface area contributed by atoms with Crippen molar-refractivity contribution >= 4 is 22.9 Å². The van der Waals surface area contributed by atoms with Gasteiger partial charge >= 0.3 is 0 Å². The van der Waals surface area contributed by atoms with Gasteiger partial charge in [-0.2, -0.15) is 10.4 Å². The molecule has 0 saturated carbocycles. The Bertz CT molecular complexity index is 1200. The van der Waals surface area contributed by atoms with Crippen molar-refractivity contribution in [2.75, 3.05) is 11.4 Å². The maximum atomic E-state index is 12.5. The first-order valence-electron chi connectivity index (χ1n) is 8.23. The summed E-state index contributed by atoms with van der Waals surface area (Å²) in [7, 11) is 0. The number of pyridine rings is 1. The first-order chi connectivity index (χ1) is 12.7. The number of nitrogens with zero attached hydrogens (tertiary/aromatic N) is 7. The molecule has 1 fully saturated rings. The van der Waals surface area contributed by atoms with Crippen LogP contribution in [0.15, 0.2) is 49.2 Å². The van der Waals surface area contributed by atoms with Crippen molar-refractivity contribution in [3.8, 4) is 17.3 Å². The number of nitriles is 1. The van der Waals surface area contributed by atoms with Gasteiger partial charge in [0.1, 0.15) is 17.1 Å². The van der Waals surface area contributed by atoms with Crippen LogP contribution in [0.25, 0.3) is 22.4 Å². The van der Waals surface area contributed by atoms with E-state index in [-0.39, 0.29) is 5.91 Å². The third-order valence-corrected chi connectivity index (χ3v) is 4.67. The average molecular weight is 343 g/mol. The molecule has 1 unspecified atom stereocenters. The van der Waals surface area contributed by atoms with Crippen LogP contribution in [0.2, 0.25) is 0 Å². The second-order valence-corrected chi connectivity index (χ2v) is 6.18. The lowest BCUT2D eigenvalue weighted by atomic mass is 10.1. The van der Waals surface area contributed by atoms with E-state index < -0.39 is 5.92 Å². The Kier molecular flexibility index (Phi) is 3.03. The summed E-state index contributed by atoms with van der Waals surface area (Å²) >= 11 is 0. The molecule has 4 aromatic heterocycles. The molecule has 26 heavy (non-hydrogen) atoms. The van der Waals surface area contributed by atoms with Crippen LogP contribution in [0, 0.1) is 17.2 Å². The van der Waals surface area contributed by atoms with E-state index in [2.05, 4.69) is 16.2 Å². The zero-order valence-electron chi connectivity index (χ0n) is 13.6. The van der Waals surface area contributed by atoms with Gasteiger partial charge in [-0.15, -0.1) is 0 Å². The number of hydrogen-bond donors (Lipinski definition) is 0. The van der Waals surface area contributed by atoms with Crippen LogP contribution in [-0.2, 0) is 4.79 Å². The topological polar surface area (TPSA) is 91.6 Å². The number of imidazole rings is 1. The van der Waals surface area contributed by atoms with Crippen molar-refractivity contribution in [2.45, 2.75) is 6.42 Å². The Labute approximate surface area is 147 Å². The van der Waals surface area contributed by atoms with Gasteiger partial charge in [-0.1, -0.05) is 0 Å². The third-order valence-electron chi connectivity index (χ3n) is 4.67. The second kappa shape index (κ2) is 5.39. The molecule has 4 aromatic rings. The molecule has 1 aliphatic rings. The van der Waals surface area contributed by atoms with Crippen LogP contribution in [0.1, 0.15) is 6.42 Å². The van der Waals surface area contributed by atoms with E-state index in [0.717, 1.165) is 16.7 Å². The minimum absolute atomic E-state index is 0.203. The van der Waals surface area contributed by atoms with Crippen molar-refractivity contribution in [2.24, 2.45) is 5.92 Å². The van der Waals surface area contributed by atoms with Crippen LogP contribution in [-0.4, -0.2) is 36.4 Å². The summed E-state index contributed by atoms with van der Waals surface area (Å²) in [4.78, 5) is 23.1. The summed E-state index contributed by atoms with van der Waals surface area (Å²) in [5.41, 5.74) is 3.17. The zero-order chi connectivity index (χ0) is 17.7. The Balaban J connectivity index is 1.68. The van der Waals surface area contributed by atoms with E-state index in [1.165, 1.54) is 0 Å². The standard InChI is InChI=1S/C18H13N7O/c19-9-12-4-7-24(18(12)26)17-15-3-5-21-25(15)11-14(22-17)13-1-2-16-20-6-8-23(16)10-13/h1-3,5-6,8,10-12H,4,7H2. The second-order valence-electron chi connectivity index (χ2n) is 6.18. The van der Waals surface area contributed by atoms with Crippen molar-refractivity contribution in [3.05, 3.63) is 49.2 Å². The summed E-state index contributed by atoms with van der Waals surface area (Å²) in [6.07, 6.45) is 9.56. The first-order valence-corrected chi connectivity index (χ1v) is 8.23. The summed E-state index contributed by atoms with van der Waals surface area (Å²) in [5.74, 6) is -0.274. The van der Waals surface area contributed by atoms with Crippen LogP contribution in [0.4, 0.5) is 5.82 Å². The summed E-state index contributed by atoms with van der Waals surface area (Å²) in [6, 6.07) is 7.74. The molecule has 0 aromatic carbocycles. The Morgan fingerprint density at radius 3 is 2.96 bits per heavy atom. The Morgan fingerprint density at radius 1 is 1.19 bits per heavy atom. The van der Waals surface area contributed by atoms with Crippen molar-refractivity contribution in [1.29, 1.82) is 5.26 Å². The molecule has 126 valence electrons. The molecule has 1 aliphatic heterocycles. The van der Waals surface area contributed by atoms with Crippen LogP contribution < -0.4 is 4.90 Å². The van der Waals surface area contributed by atoms with Gasteiger partial charge in [0.2, 0.25) is 5.91 Å². The highest BCUT2D eigenvalue weighted by Crippen LogP contribution is 2.29. The Morgan fingerprint density at radius 2 is 2.12 bits per heavy atom. The highest BCUT2D eigenvalue weighted by Gasteiger charge is 2.34. The smallest absolute Gasteiger partial charge is 0.245 e. The lowest BCUT2D eigenvalue weighted by Crippen LogP contribution is -2.28. The van der Waals surface area contributed by atoms with Gasteiger partial charge in [0.15, 0.2) is 5.82 Å². The fraction of sp³-hybridized carbons (Fsp3) is 0.167. The van der Waals surface area contributed by atoms with Crippen molar-refractivity contribution in [3.63, 3.8) is 0 Å². The summed E-state index contributed by atoms with van der Waals surface area (Å²) in [6.45, 7) is 0.481. The Hall–Kier alpha value is -3.73. The molecule has 0 aliphatic carbocycles. The lowest BCUT2D eigenvalue weighted by molar-refractivity contribution is -0.119. The molecule has 1 atom stereocenters. The molecule has 1 saturated heterocycles. The van der Waals surface area contributed by atoms with E-state index in [9.17, 15) is 4.79 Å². The number of carbonyl (C=O) groups is 1. The van der Waals surface area contributed by atoms with Gasteiger partial charge in [0.05, 0.1) is 24.2 Å². The van der Waals surface area contributed by atoms with Gasteiger partial charge in [-0.05, 0) is 24.6 Å². The SMILES string of the molecule is N#CC1CCN(c2nc(-c3ccc4nccn4c3)cn3nccc23)C1=O. The molecule has 0 bridgehead atoms. The highest BCUT2D eigenvalue weighted by molar-refractivity contribution is 6.01. The van der Waals surface area contributed by atoms with Gasteiger partial charge in [0.25, 0.3) is 0 Å².